The Morgan fingerprint density at radius 3 is 2.46 bits per heavy atom. The van der Waals surface area contributed by atoms with Crippen LogP contribution in [-0.4, -0.2) is 32.6 Å². The maximum atomic E-state index is 12.9. The number of ether oxygens (including phenoxy) is 1. The number of benzene rings is 3. The molecule has 35 heavy (non-hydrogen) atoms. The lowest BCUT2D eigenvalue weighted by Gasteiger charge is -2.14. The number of nitrogens with one attached hydrogen (secondary N) is 3. The number of anilines is 1. The second kappa shape index (κ2) is 12.6. The van der Waals surface area contributed by atoms with Gasteiger partial charge in [-0.2, -0.15) is 0 Å². The summed E-state index contributed by atoms with van der Waals surface area (Å²) in [6.45, 7) is 4.03. The van der Waals surface area contributed by atoms with Gasteiger partial charge in [0.1, 0.15) is 5.75 Å². The topological polar surface area (TPSA) is 96.5 Å². The monoisotopic (exact) mass is 573 g/mol. The maximum Gasteiger partial charge on any atom is 0.261 e. The van der Waals surface area contributed by atoms with Crippen molar-refractivity contribution in [3.05, 3.63) is 101 Å². The molecule has 0 spiro atoms. The van der Waals surface area contributed by atoms with Gasteiger partial charge in [-0.05, 0) is 60.2 Å². The minimum atomic E-state index is -3.63. The molecule has 1 amide bonds. The fourth-order valence-electron chi connectivity index (χ4n) is 3.03. The van der Waals surface area contributed by atoms with Crippen molar-refractivity contribution < 1.29 is 17.9 Å². The molecule has 0 bridgehead atoms. The van der Waals surface area contributed by atoms with E-state index in [1.807, 2.05) is 30.3 Å². The lowest BCUT2D eigenvalue weighted by molar-refractivity contribution is 0.0973. The van der Waals surface area contributed by atoms with E-state index >= 15 is 0 Å². The van der Waals surface area contributed by atoms with Crippen molar-refractivity contribution in [1.29, 1.82) is 0 Å². The first-order chi connectivity index (χ1) is 16.8. The van der Waals surface area contributed by atoms with Crippen molar-refractivity contribution in [3.8, 4) is 5.75 Å². The summed E-state index contributed by atoms with van der Waals surface area (Å²) in [5.74, 6) is -0.00245. The number of sulfonamides is 1. The quantitative estimate of drug-likeness (QED) is 0.241. The second-order valence-corrected chi connectivity index (χ2v) is 10.4. The number of hydrogen-bond acceptors (Lipinski definition) is 5. The van der Waals surface area contributed by atoms with Gasteiger partial charge in [-0.3, -0.25) is 10.1 Å². The summed E-state index contributed by atoms with van der Waals surface area (Å²) in [7, 11) is -3.63. The van der Waals surface area contributed by atoms with Crippen LogP contribution >= 0.6 is 28.1 Å². The van der Waals surface area contributed by atoms with E-state index in [1.165, 1.54) is 18.2 Å². The second-order valence-electron chi connectivity index (χ2n) is 7.30. The van der Waals surface area contributed by atoms with Crippen LogP contribution in [0.2, 0.25) is 0 Å². The first-order valence-corrected chi connectivity index (χ1v) is 13.3. The molecule has 0 radical (unpaired) electrons. The lowest BCUT2D eigenvalue weighted by atomic mass is 10.1. The van der Waals surface area contributed by atoms with Crippen molar-refractivity contribution in [3.63, 3.8) is 0 Å². The van der Waals surface area contributed by atoms with Crippen LogP contribution in [-0.2, 0) is 16.4 Å². The van der Waals surface area contributed by atoms with Crippen molar-refractivity contribution in [2.45, 2.75) is 11.3 Å². The molecule has 0 aliphatic carbocycles. The van der Waals surface area contributed by atoms with Gasteiger partial charge in [-0.1, -0.05) is 52.3 Å². The Morgan fingerprint density at radius 2 is 1.77 bits per heavy atom. The predicted octanol–water partition coefficient (Wildman–Crippen LogP) is 4.66. The Hall–Kier alpha value is -3.05. The van der Waals surface area contributed by atoms with Crippen molar-refractivity contribution in [2.24, 2.45) is 0 Å². The predicted molar refractivity (Wildman–Crippen MR) is 145 cm³/mol. The van der Waals surface area contributed by atoms with Gasteiger partial charge in [-0.25, -0.2) is 13.1 Å². The highest BCUT2D eigenvalue weighted by molar-refractivity contribution is 9.10. The summed E-state index contributed by atoms with van der Waals surface area (Å²) in [5.41, 5.74) is 1.98. The number of carbonyl (C=O) groups is 1. The van der Waals surface area contributed by atoms with E-state index in [0.29, 0.717) is 30.0 Å². The lowest BCUT2D eigenvalue weighted by Crippen LogP contribution is -2.34. The van der Waals surface area contributed by atoms with Crippen LogP contribution in [0.3, 0.4) is 0 Å². The molecule has 7 nitrogen and oxygen atoms in total. The molecule has 0 saturated heterocycles. The van der Waals surface area contributed by atoms with Crippen LogP contribution < -0.4 is 20.1 Å². The normalized spacial score (nSPS) is 10.9. The minimum Gasteiger partial charge on any atom is -0.492 e. The van der Waals surface area contributed by atoms with Gasteiger partial charge in [0.25, 0.3) is 5.91 Å². The number of hydrogen-bond donors (Lipinski definition) is 3. The van der Waals surface area contributed by atoms with Gasteiger partial charge in [0.05, 0.1) is 17.1 Å². The number of thiocarbonyl (C=S) groups is 1. The molecule has 3 rings (SSSR count). The van der Waals surface area contributed by atoms with E-state index in [9.17, 15) is 13.2 Å². The Labute approximate surface area is 218 Å². The van der Waals surface area contributed by atoms with E-state index in [0.717, 1.165) is 10.0 Å². The SMILES string of the molecule is C=CCNS(=O)(=O)c1ccc(NC(=S)NC(=O)c2cc(Br)ccc2OCCc2ccccc2)cc1. The third-order valence-electron chi connectivity index (χ3n) is 4.74. The van der Waals surface area contributed by atoms with Gasteiger partial charge in [0, 0.05) is 23.1 Å². The molecule has 182 valence electrons. The zero-order valence-corrected chi connectivity index (χ0v) is 21.9. The maximum absolute atomic E-state index is 12.9. The van der Waals surface area contributed by atoms with Crippen molar-refractivity contribution in [1.82, 2.24) is 10.0 Å². The Morgan fingerprint density at radius 1 is 1.06 bits per heavy atom. The molecule has 3 aromatic rings. The molecule has 0 atom stereocenters. The van der Waals surface area contributed by atoms with Crippen molar-refractivity contribution >= 4 is 54.9 Å². The van der Waals surface area contributed by atoms with Crippen LogP contribution in [0.1, 0.15) is 15.9 Å². The van der Waals surface area contributed by atoms with Gasteiger partial charge in [0.2, 0.25) is 10.0 Å². The molecule has 0 aliphatic rings. The molecule has 10 heteroatoms. The summed E-state index contributed by atoms with van der Waals surface area (Å²) >= 11 is 8.65. The number of amides is 1. The molecule has 0 aliphatic heterocycles. The van der Waals surface area contributed by atoms with Crippen LogP contribution in [0, 0.1) is 0 Å². The molecule has 3 aromatic carbocycles. The standard InChI is InChI=1S/C25H24BrN3O4S2/c1-2-15-27-35(31,32)21-11-9-20(10-12-21)28-25(34)29-24(30)22-17-19(26)8-13-23(22)33-16-14-18-6-4-3-5-7-18/h2-13,17,27H,1,14-16H2,(H2,28,29,30,34). The van der Waals surface area contributed by atoms with Gasteiger partial charge in [-0.15, -0.1) is 6.58 Å². The number of rotatable bonds is 10. The average molecular weight is 575 g/mol. The van der Waals surface area contributed by atoms with Gasteiger partial charge < -0.3 is 10.1 Å². The van der Waals surface area contributed by atoms with E-state index in [4.69, 9.17) is 17.0 Å². The summed E-state index contributed by atoms with van der Waals surface area (Å²) in [6, 6.07) is 21.1. The molecule has 0 saturated carbocycles. The Balaban J connectivity index is 1.61. The first kappa shape index (κ1) is 26.6. The van der Waals surface area contributed by atoms with E-state index in [1.54, 1.807) is 30.3 Å². The zero-order valence-electron chi connectivity index (χ0n) is 18.7. The van der Waals surface area contributed by atoms with Crippen LogP contribution in [0.4, 0.5) is 5.69 Å². The van der Waals surface area contributed by atoms with Gasteiger partial charge in [0.15, 0.2) is 5.11 Å². The molecule has 0 heterocycles. The molecule has 0 fully saturated rings. The third kappa shape index (κ3) is 8.00. The summed E-state index contributed by atoms with van der Waals surface area (Å²) in [4.78, 5) is 13.0. The third-order valence-corrected chi connectivity index (χ3v) is 6.88. The van der Waals surface area contributed by atoms with E-state index < -0.39 is 15.9 Å². The van der Waals surface area contributed by atoms with Crippen LogP contribution in [0.5, 0.6) is 5.75 Å². The molecule has 0 aromatic heterocycles. The first-order valence-electron chi connectivity index (χ1n) is 10.6. The smallest absolute Gasteiger partial charge is 0.261 e. The van der Waals surface area contributed by atoms with Gasteiger partial charge >= 0.3 is 0 Å². The van der Waals surface area contributed by atoms with E-state index in [2.05, 4.69) is 37.9 Å². The average Bonchev–Trinajstić information content (AvgIpc) is 2.84. The molecular formula is C25H24BrN3O4S2. The Kier molecular flexibility index (Phi) is 9.55. The molecule has 0 unspecified atom stereocenters. The highest BCUT2D eigenvalue weighted by Gasteiger charge is 2.16. The molecular weight excluding hydrogens is 550 g/mol. The largest absolute Gasteiger partial charge is 0.492 e. The summed E-state index contributed by atoms with van der Waals surface area (Å²) in [5, 5.41) is 5.57. The van der Waals surface area contributed by atoms with E-state index in [-0.39, 0.29) is 16.6 Å². The van der Waals surface area contributed by atoms with Crippen LogP contribution in [0.15, 0.2) is 94.8 Å². The minimum absolute atomic E-state index is 0.0607. The summed E-state index contributed by atoms with van der Waals surface area (Å²) in [6.07, 6.45) is 2.16. The summed E-state index contributed by atoms with van der Waals surface area (Å²) < 4.78 is 33.3. The highest BCUT2D eigenvalue weighted by Crippen LogP contribution is 2.24. The fraction of sp³-hybridized carbons (Fsp3) is 0.120. The number of carbonyl (C=O) groups excluding carboxylic acids is 1. The Bertz CT molecular complexity index is 1300. The zero-order chi connectivity index (χ0) is 25.3. The molecule has 3 N–H and O–H groups in total. The van der Waals surface area contributed by atoms with Crippen molar-refractivity contribution in [2.75, 3.05) is 18.5 Å². The van der Waals surface area contributed by atoms with Crippen LogP contribution in [0.25, 0.3) is 0 Å². The number of halogens is 1. The fourth-order valence-corrected chi connectivity index (χ4v) is 4.60. The highest BCUT2D eigenvalue weighted by atomic mass is 79.9.